The van der Waals surface area contributed by atoms with Gasteiger partial charge in [-0.05, 0) is 36.4 Å². The van der Waals surface area contributed by atoms with Crippen LogP contribution in [-0.2, 0) is 0 Å². The second-order valence-electron chi connectivity index (χ2n) is 4.11. The standard InChI is InChI=1S/C14H9F2NO4/c15-7-1-3-11(9(5-7)14(20)21)17-13(19)10-6-8(16)2-4-12(10)18/h1-6,18H,(H,17,19)(H,20,21). The number of aromatic carboxylic acids is 1. The minimum Gasteiger partial charge on any atom is -0.507 e. The fourth-order valence-electron chi connectivity index (χ4n) is 1.68. The van der Waals surface area contributed by atoms with Gasteiger partial charge in [-0.15, -0.1) is 0 Å². The van der Waals surface area contributed by atoms with Gasteiger partial charge in [0.2, 0.25) is 0 Å². The number of phenols is 1. The molecular formula is C14H9F2NO4. The molecule has 0 fully saturated rings. The number of carbonyl (C=O) groups excluding carboxylic acids is 1. The van der Waals surface area contributed by atoms with Gasteiger partial charge < -0.3 is 15.5 Å². The van der Waals surface area contributed by atoms with Gasteiger partial charge in [0.05, 0.1) is 16.8 Å². The van der Waals surface area contributed by atoms with Crippen LogP contribution in [0.5, 0.6) is 5.75 Å². The molecular weight excluding hydrogens is 284 g/mol. The van der Waals surface area contributed by atoms with Crippen molar-refractivity contribution in [1.29, 1.82) is 0 Å². The summed E-state index contributed by atoms with van der Waals surface area (Å²) in [7, 11) is 0. The highest BCUT2D eigenvalue weighted by Gasteiger charge is 2.17. The van der Waals surface area contributed by atoms with Crippen LogP contribution in [0.1, 0.15) is 20.7 Å². The predicted octanol–water partition coefficient (Wildman–Crippen LogP) is 2.62. The van der Waals surface area contributed by atoms with E-state index in [1.54, 1.807) is 0 Å². The third kappa shape index (κ3) is 3.14. The van der Waals surface area contributed by atoms with Gasteiger partial charge in [-0.3, -0.25) is 4.79 Å². The highest BCUT2D eigenvalue weighted by atomic mass is 19.1. The number of carboxylic acids is 1. The minimum absolute atomic E-state index is 0.169. The molecule has 0 aliphatic carbocycles. The maximum atomic E-state index is 13.1. The maximum Gasteiger partial charge on any atom is 0.337 e. The fraction of sp³-hybridized carbons (Fsp3) is 0. The molecule has 2 aromatic carbocycles. The zero-order valence-electron chi connectivity index (χ0n) is 10.4. The van der Waals surface area contributed by atoms with E-state index in [9.17, 15) is 23.5 Å². The Bertz CT molecular complexity index is 731. The number of rotatable bonds is 3. The molecule has 0 atom stereocenters. The number of hydrogen-bond donors (Lipinski definition) is 3. The second-order valence-corrected chi connectivity index (χ2v) is 4.11. The normalized spacial score (nSPS) is 10.2. The van der Waals surface area contributed by atoms with E-state index in [0.717, 1.165) is 36.4 Å². The third-order valence-corrected chi connectivity index (χ3v) is 2.66. The monoisotopic (exact) mass is 293 g/mol. The predicted molar refractivity (Wildman–Crippen MR) is 69.4 cm³/mol. The van der Waals surface area contributed by atoms with E-state index in [1.807, 2.05) is 0 Å². The molecule has 1 amide bonds. The van der Waals surface area contributed by atoms with E-state index in [-0.39, 0.29) is 11.3 Å². The van der Waals surface area contributed by atoms with Crippen molar-refractivity contribution in [1.82, 2.24) is 0 Å². The zero-order chi connectivity index (χ0) is 15.6. The highest BCUT2D eigenvalue weighted by molar-refractivity contribution is 6.09. The number of anilines is 1. The average Bonchev–Trinajstić information content (AvgIpc) is 2.43. The number of hydrogen-bond acceptors (Lipinski definition) is 3. The summed E-state index contributed by atoms with van der Waals surface area (Å²) in [5.74, 6) is -4.34. The van der Waals surface area contributed by atoms with Crippen molar-refractivity contribution in [2.45, 2.75) is 0 Å². The van der Waals surface area contributed by atoms with Gasteiger partial charge in [-0.1, -0.05) is 0 Å². The molecule has 2 aromatic rings. The number of halogens is 2. The Kier molecular flexibility index (Phi) is 3.84. The zero-order valence-corrected chi connectivity index (χ0v) is 10.4. The van der Waals surface area contributed by atoms with Gasteiger partial charge in [-0.2, -0.15) is 0 Å². The molecule has 0 aliphatic rings. The minimum atomic E-state index is -1.44. The van der Waals surface area contributed by atoms with Crippen LogP contribution in [0.4, 0.5) is 14.5 Å². The van der Waals surface area contributed by atoms with Crippen LogP contribution in [0.15, 0.2) is 36.4 Å². The van der Waals surface area contributed by atoms with Crippen LogP contribution in [0.3, 0.4) is 0 Å². The number of nitrogens with one attached hydrogen (secondary N) is 1. The molecule has 21 heavy (non-hydrogen) atoms. The molecule has 108 valence electrons. The van der Waals surface area contributed by atoms with Crippen molar-refractivity contribution < 1.29 is 28.6 Å². The maximum absolute atomic E-state index is 13.1. The molecule has 0 aromatic heterocycles. The van der Waals surface area contributed by atoms with Crippen molar-refractivity contribution in [2.75, 3.05) is 5.32 Å². The van der Waals surface area contributed by atoms with Crippen molar-refractivity contribution in [3.8, 4) is 5.75 Å². The molecule has 0 bridgehead atoms. The van der Waals surface area contributed by atoms with Gasteiger partial charge in [0, 0.05) is 0 Å². The topological polar surface area (TPSA) is 86.6 Å². The van der Waals surface area contributed by atoms with E-state index in [4.69, 9.17) is 5.11 Å². The Labute approximate surface area is 117 Å². The number of phenolic OH excluding ortho intramolecular Hbond substituents is 1. The Morgan fingerprint density at radius 2 is 1.52 bits per heavy atom. The van der Waals surface area contributed by atoms with Gasteiger partial charge in [0.1, 0.15) is 17.4 Å². The van der Waals surface area contributed by atoms with Crippen LogP contribution in [0.25, 0.3) is 0 Å². The first-order chi connectivity index (χ1) is 9.88. The lowest BCUT2D eigenvalue weighted by molar-refractivity contribution is 0.0697. The summed E-state index contributed by atoms with van der Waals surface area (Å²) in [5, 5.41) is 20.6. The number of carbonyl (C=O) groups is 2. The SMILES string of the molecule is O=C(Nc1ccc(F)cc1C(=O)O)c1cc(F)ccc1O. The van der Waals surface area contributed by atoms with E-state index in [0.29, 0.717) is 0 Å². The molecule has 0 spiro atoms. The summed E-state index contributed by atoms with van der Waals surface area (Å²) in [6, 6.07) is 5.53. The quantitative estimate of drug-likeness (QED) is 0.812. The highest BCUT2D eigenvalue weighted by Crippen LogP contribution is 2.22. The first kappa shape index (κ1) is 14.4. The Hall–Kier alpha value is -2.96. The summed E-state index contributed by atoms with van der Waals surface area (Å²) < 4.78 is 26.1. The third-order valence-electron chi connectivity index (χ3n) is 2.66. The molecule has 0 aliphatic heterocycles. The van der Waals surface area contributed by atoms with Crippen LogP contribution >= 0.6 is 0 Å². The van der Waals surface area contributed by atoms with E-state index >= 15 is 0 Å². The molecule has 0 saturated carbocycles. The number of benzene rings is 2. The summed E-state index contributed by atoms with van der Waals surface area (Å²) in [6.45, 7) is 0. The molecule has 0 saturated heterocycles. The first-order valence-electron chi connectivity index (χ1n) is 5.71. The summed E-state index contributed by atoms with van der Waals surface area (Å²) in [6.07, 6.45) is 0. The van der Waals surface area contributed by atoms with Crippen molar-refractivity contribution in [3.63, 3.8) is 0 Å². The van der Waals surface area contributed by atoms with Gasteiger partial charge in [0.25, 0.3) is 5.91 Å². The number of aromatic hydroxyl groups is 1. The van der Waals surface area contributed by atoms with Crippen molar-refractivity contribution in [2.24, 2.45) is 0 Å². The molecule has 2 rings (SSSR count). The van der Waals surface area contributed by atoms with Crippen molar-refractivity contribution in [3.05, 3.63) is 59.2 Å². The summed E-state index contributed by atoms with van der Waals surface area (Å²) >= 11 is 0. The average molecular weight is 293 g/mol. The van der Waals surface area contributed by atoms with E-state index in [2.05, 4.69) is 5.32 Å². The lowest BCUT2D eigenvalue weighted by Crippen LogP contribution is -2.15. The van der Waals surface area contributed by atoms with E-state index in [1.165, 1.54) is 0 Å². The molecule has 0 radical (unpaired) electrons. The van der Waals surface area contributed by atoms with Gasteiger partial charge in [-0.25, -0.2) is 13.6 Å². The summed E-state index contributed by atoms with van der Waals surface area (Å²) in [4.78, 5) is 22.9. The molecule has 3 N–H and O–H groups in total. The lowest BCUT2D eigenvalue weighted by Gasteiger charge is -2.09. The lowest BCUT2D eigenvalue weighted by atomic mass is 10.1. The Balaban J connectivity index is 2.36. The van der Waals surface area contributed by atoms with Crippen LogP contribution in [-0.4, -0.2) is 22.1 Å². The molecule has 0 unspecified atom stereocenters. The molecule has 7 heteroatoms. The summed E-state index contributed by atoms with van der Waals surface area (Å²) in [5.41, 5.74) is -0.993. The van der Waals surface area contributed by atoms with Gasteiger partial charge in [0.15, 0.2) is 0 Å². The number of carboxylic acid groups (broad SMARTS) is 1. The fourth-order valence-corrected chi connectivity index (χ4v) is 1.68. The number of amides is 1. The molecule has 0 heterocycles. The van der Waals surface area contributed by atoms with Crippen molar-refractivity contribution >= 4 is 17.6 Å². The first-order valence-corrected chi connectivity index (χ1v) is 5.71. The second kappa shape index (κ2) is 5.58. The Morgan fingerprint density at radius 1 is 0.952 bits per heavy atom. The van der Waals surface area contributed by atoms with Crippen LogP contribution < -0.4 is 5.32 Å². The largest absolute Gasteiger partial charge is 0.507 e. The van der Waals surface area contributed by atoms with Crippen LogP contribution in [0.2, 0.25) is 0 Å². The van der Waals surface area contributed by atoms with Gasteiger partial charge >= 0.3 is 5.97 Å². The Morgan fingerprint density at radius 3 is 2.14 bits per heavy atom. The van der Waals surface area contributed by atoms with Crippen LogP contribution in [0, 0.1) is 11.6 Å². The van der Waals surface area contributed by atoms with E-state index < -0.39 is 34.8 Å². The smallest absolute Gasteiger partial charge is 0.337 e. The molecule has 5 nitrogen and oxygen atoms in total.